The topological polar surface area (TPSA) is 120 Å². The molecule has 0 atom stereocenters. The minimum Gasteiger partial charge on any atom is -0.772 e. The smallest absolute Gasteiger partial charge is 0.772 e. The fourth-order valence-electron chi connectivity index (χ4n) is 0. The van der Waals surface area contributed by atoms with Gasteiger partial charge in [-0.05, 0) is 0 Å². The van der Waals surface area contributed by atoms with Gasteiger partial charge in [-0.15, -0.1) is 0 Å². The second kappa shape index (κ2) is 50.2. The van der Waals surface area contributed by atoms with Gasteiger partial charge in [-0.3, -0.25) is 13.7 Å². The third-order valence-corrected chi connectivity index (χ3v) is 0. The zero-order valence-corrected chi connectivity index (χ0v) is 10.3. The van der Waals surface area contributed by atoms with Gasteiger partial charge in [0.25, 0.3) is 0 Å². The van der Waals surface area contributed by atoms with Crippen molar-refractivity contribution >= 4 is 51.9 Å². The van der Waals surface area contributed by atoms with Crippen LogP contribution in [0.2, 0.25) is 0 Å². The number of hydrogen-bond donors (Lipinski definition) is 0. The van der Waals surface area contributed by atoms with E-state index in [1.807, 2.05) is 0 Å². The van der Waals surface area contributed by atoms with E-state index < -0.39 is 26.1 Å². The summed E-state index contributed by atoms with van der Waals surface area (Å²) in [4.78, 5) is 25.0. The molecule has 0 amide bonds. The van der Waals surface area contributed by atoms with Crippen LogP contribution < -0.4 is 14.7 Å². The van der Waals surface area contributed by atoms with Crippen LogP contribution in [0.25, 0.3) is 0 Å². The van der Waals surface area contributed by atoms with E-state index in [4.69, 9.17) is 28.4 Å². The first-order chi connectivity index (χ1) is 4.24. The van der Waals surface area contributed by atoms with Crippen molar-refractivity contribution < 1.29 is 28.4 Å². The molecule has 0 fully saturated rings. The van der Waals surface area contributed by atoms with Crippen molar-refractivity contribution in [3.05, 3.63) is 0 Å². The van der Waals surface area contributed by atoms with Gasteiger partial charge in [-0.25, -0.2) is 0 Å². The fraction of sp³-hybridized carbons (Fsp3) is 0. The molecule has 0 saturated carbocycles. The first kappa shape index (κ1) is 22.5. The van der Waals surface area contributed by atoms with Crippen LogP contribution in [0.1, 0.15) is 0 Å². The van der Waals surface area contributed by atoms with E-state index in [1.54, 1.807) is 0 Å². The Morgan fingerprint density at radius 2 is 0.700 bits per heavy atom. The summed E-state index contributed by atoms with van der Waals surface area (Å²) in [6.07, 6.45) is 0. The molecule has 0 heterocycles. The van der Waals surface area contributed by atoms with Crippen LogP contribution in [0.3, 0.4) is 0 Å². The Morgan fingerprint density at radius 1 is 0.700 bits per heavy atom. The van der Waals surface area contributed by atoms with Crippen molar-refractivity contribution in [3.8, 4) is 0 Å². The molecule has 6 nitrogen and oxygen atoms in total. The van der Waals surface area contributed by atoms with Crippen LogP contribution in [0, 0.1) is 0 Å². The van der Waals surface area contributed by atoms with E-state index in [9.17, 15) is 0 Å². The molecule has 10 heavy (non-hydrogen) atoms. The monoisotopic (exact) mass is 304 g/mol. The number of hydrogen-bond acceptors (Lipinski definition) is 6. The van der Waals surface area contributed by atoms with Crippen molar-refractivity contribution in [3.63, 3.8) is 0 Å². The molecule has 0 aliphatic heterocycles. The molecule has 0 unspecified atom stereocenters. The molecule has 54 valence electrons. The van der Waals surface area contributed by atoms with Crippen molar-refractivity contribution in [1.82, 2.24) is 0 Å². The molecule has 0 rings (SSSR count). The van der Waals surface area contributed by atoms with Crippen LogP contribution in [0.4, 0.5) is 0 Å². The molecule has 0 aromatic carbocycles. The van der Waals surface area contributed by atoms with Gasteiger partial charge in [0.05, 0.1) is 26.1 Å². The SMILES string of the molecule is O=P[O-].O=P[O-].O=P[O-].[In+3]. The minimum absolute atomic E-state index is 0. The van der Waals surface area contributed by atoms with Crippen LogP contribution in [-0.2, 0) is 13.7 Å². The molecule has 0 aliphatic rings. The van der Waals surface area contributed by atoms with Gasteiger partial charge in [0, 0.05) is 0 Å². The Bertz CT molecular complexity index is 49.7. The predicted molar refractivity (Wildman–Crippen MR) is 28.6 cm³/mol. The largest absolute Gasteiger partial charge is 3.00 e. The molecule has 0 N–H and O–H groups in total. The maximum atomic E-state index is 8.35. The predicted octanol–water partition coefficient (Wildman–Crippen LogP) is -1.72. The Hall–Kier alpha value is 1.05. The summed E-state index contributed by atoms with van der Waals surface area (Å²) in [5.41, 5.74) is 0. The van der Waals surface area contributed by atoms with E-state index >= 15 is 0 Å². The molecule has 0 saturated heterocycles. The summed E-state index contributed by atoms with van der Waals surface area (Å²) >= 11 is 0. The number of rotatable bonds is 0. The standard InChI is InChI=1S/In.3HO2P/c;3*1-3-2/h;3*(H,1,2)/q+3;;;/p-3. The summed E-state index contributed by atoms with van der Waals surface area (Å²) in [7, 11) is -3.25. The normalized spacial score (nSPS) is 6.30. The van der Waals surface area contributed by atoms with Gasteiger partial charge in [0.1, 0.15) is 0 Å². The van der Waals surface area contributed by atoms with Crippen LogP contribution in [0.5, 0.6) is 0 Å². The summed E-state index contributed by atoms with van der Waals surface area (Å²) in [5.74, 6) is 0. The average molecular weight is 304 g/mol. The zero-order valence-electron chi connectivity index (χ0n) is 4.37. The molecule has 0 aromatic heterocycles. The van der Waals surface area contributed by atoms with Crippen LogP contribution >= 0.6 is 26.1 Å². The molecular formula is InO6P3. The molecule has 0 bridgehead atoms. The van der Waals surface area contributed by atoms with E-state index in [-0.39, 0.29) is 25.8 Å². The van der Waals surface area contributed by atoms with Crippen LogP contribution in [-0.4, -0.2) is 25.8 Å². The van der Waals surface area contributed by atoms with E-state index in [0.717, 1.165) is 0 Å². The first-order valence-corrected chi connectivity index (χ1v) is 3.29. The first-order valence-electron chi connectivity index (χ1n) is 1.10. The summed E-state index contributed by atoms with van der Waals surface area (Å²) in [6.45, 7) is 0. The van der Waals surface area contributed by atoms with Crippen molar-refractivity contribution in [2.75, 3.05) is 0 Å². The Balaban J connectivity index is -0.0000000257. The summed E-state index contributed by atoms with van der Waals surface area (Å²) in [5, 5.41) is 0. The molecule has 10 heteroatoms. The molecule has 0 aromatic rings. The maximum absolute atomic E-state index is 8.35. The minimum atomic E-state index is -1.08. The van der Waals surface area contributed by atoms with Gasteiger partial charge < -0.3 is 14.7 Å². The van der Waals surface area contributed by atoms with E-state index in [1.165, 1.54) is 0 Å². The van der Waals surface area contributed by atoms with Crippen LogP contribution in [0.15, 0.2) is 0 Å². The van der Waals surface area contributed by atoms with Gasteiger partial charge in [-0.1, -0.05) is 0 Å². The summed E-state index contributed by atoms with van der Waals surface area (Å²) in [6, 6.07) is 0. The molecule has 0 spiro atoms. The van der Waals surface area contributed by atoms with E-state index in [2.05, 4.69) is 0 Å². The van der Waals surface area contributed by atoms with Crippen molar-refractivity contribution in [1.29, 1.82) is 0 Å². The third-order valence-electron chi connectivity index (χ3n) is 0. The third kappa shape index (κ3) is 532. The van der Waals surface area contributed by atoms with Gasteiger partial charge in [-0.2, -0.15) is 0 Å². The second-order valence-corrected chi connectivity index (χ2v) is 0.671. The Morgan fingerprint density at radius 3 is 0.700 bits per heavy atom. The maximum Gasteiger partial charge on any atom is 3.00 e. The second-order valence-electron chi connectivity index (χ2n) is 0.224. The average Bonchev–Trinajstić information content (AvgIpc) is 1.70. The summed E-state index contributed by atoms with van der Waals surface area (Å²) < 4.78 is 25.0. The Kier molecular flexibility index (Phi) is 113. The fourth-order valence-corrected chi connectivity index (χ4v) is 0. The van der Waals surface area contributed by atoms with Gasteiger partial charge >= 0.3 is 25.8 Å². The Labute approximate surface area is 80.3 Å². The molecule has 0 radical (unpaired) electrons. The van der Waals surface area contributed by atoms with Gasteiger partial charge in [0.2, 0.25) is 0 Å². The quantitative estimate of drug-likeness (QED) is 0.491. The van der Waals surface area contributed by atoms with E-state index in [0.29, 0.717) is 0 Å². The molecule has 0 aliphatic carbocycles. The van der Waals surface area contributed by atoms with Crippen molar-refractivity contribution in [2.24, 2.45) is 0 Å². The zero-order chi connectivity index (χ0) is 8.12. The van der Waals surface area contributed by atoms with Gasteiger partial charge in [0.15, 0.2) is 0 Å². The molecular weight excluding hydrogens is 304 g/mol. The van der Waals surface area contributed by atoms with Crippen molar-refractivity contribution in [2.45, 2.75) is 0 Å².